The van der Waals surface area contributed by atoms with Crippen LogP contribution in [0.4, 0.5) is 8.78 Å². The zero-order chi connectivity index (χ0) is 25.5. The molecule has 0 aromatic rings. The molecule has 11 nitrogen and oxygen atoms in total. The maximum absolute atomic E-state index is 15.8. The molecule has 7 atom stereocenters. The van der Waals surface area contributed by atoms with E-state index in [9.17, 15) is 19.2 Å². The monoisotopic (exact) mass is 479 g/mol. The first-order chi connectivity index (χ1) is 15.3. The van der Waals surface area contributed by atoms with Crippen LogP contribution in [0.5, 0.6) is 0 Å². The van der Waals surface area contributed by atoms with E-state index in [1.807, 2.05) is 0 Å². The van der Waals surface area contributed by atoms with E-state index in [4.69, 9.17) is 25.7 Å². The fourth-order valence-electron chi connectivity index (χ4n) is 3.73. The maximum Gasteiger partial charge on any atom is 0.375 e. The van der Waals surface area contributed by atoms with Gasteiger partial charge in [-0.25, -0.2) is 14.2 Å². The van der Waals surface area contributed by atoms with Crippen molar-refractivity contribution >= 4 is 29.7 Å². The molecule has 2 unspecified atom stereocenters. The summed E-state index contributed by atoms with van der Waals surface area (Å²) in [5.74, 6) is -9.42. The van der Waals surface area contributed by atoms with Gasteiger partial charge in [0.25, 0.3) is 0 Å². The van der Waals surface area contributed by atoms with Crippen LogP contribution in [-0.2, 0) is 38.1 Å². The topological polar surface area (TPSA) is 170 Å². The fourth-order valence-corrected chi connectivity index (χ4v) is 3.73. The second kappa shape index (κ2) is 11.9. The van der Waals surface area contributed by atoms with E-state index in [1.165, 1.54) is 13.8 Å². The third kappa shape index (κ3) is 7.07. The minimum absolute atomic E-state index is 0.0644. The summed E-state index contributed by atoms with van der Waals surface area (Å²) < 4.78 is 51.5. The number of nitrogens with two attached hydrogens (primary N) is 2. The summed E-state index contributed by atoms with van der Waals surface area (Å²) in [5.41, 5.74) is 10.8. The van der Waals surface area contributed by atoms with Crippen LogP contribution < -0.4 is 11.5 Å². The largest absolute Gasteiger partial charge is 0.462 e. The molecular weight excluding hydrogens is 448 g/mol. The molecule has 1 aliphatic rings. The number of halogens is 2. The number of ether oxygens (including phenoxy) is 4. The van der Waals surface area contributed by atoms with E-state index in [2.05, 4.69) is 9.73 Å². The predicted molar refractivity (Wildman–Crippen MR) is 110 cm³/mol. The Morgan fingerprint density at radius 1 is 1.09 bits per heavy atom. The summed E-state index contributed by atoms with van der Waals surface area (Å²) in [6.07, 6.45) is -7.53. The van der Waals surface area contributed by atoms with E-state index in [1.54, 1.807) is 6.92 Å². The molecule has 1 heterocycles. The van der Waals surface area contributed by atoms with Crippen LogP contribution in [0.25, 0.3) is 0 Å². The average Bonchev–Trinajstić information content (AvgIpc) is 2.69. The molecule has 1 rings (SSSR count). The molecule has 188 valence electrons. The number of rotatable bonds is 10. The lowest BCUT2D eigenvalue weighted by atomic mass is 9.78. The van der Waals surface area contributed by atoms with Gasteiger partial charge in [0, 0.05) is 26.2 Å². The Labute approximate surface area is 190 Å². The standard InChI is InChI=1S/C20H31F2N3O8/c1-6-13(31-10(4)27)16(32-11(5)28)15-12(8-9(3)26)14(25-19(23)24)17(21)20(22,33-15)18(29)30-7-2/h12-17H,6-8H2,1-5H3,(H4,23,24,25)/t12-,13-,14+,15?,16-,17?,20-/m1/s1. The van der Waals surface area contributed by atoms with Crippen LogP contribution in [0.15, 0.2) is 4.99 Å². The number of carbonyl (C=O) groups excluding carboxylic acids is 4. The van der Waals surface area contributed by atoms with Gasteiger partial charge in [-0.1, -0.05) is 6.92 Å². The molecule has 1 saturated heterocycles. The number of nitrogens with zero attached hydrogens (tertiary/aromatic N) is 1. The Bertz CT molecular complexity index is 776. The molecule has 0 aromatic heterocycles. The molecule has 0 amide bonds. The number of ketones is 1. The number of hydrogen-bond acceptors (Lipinski definition) is 9. The third-order valence-corrected chi connectivity index (χ3v) is 4.91. The molecule has 1 aliphatic heterocycles. The van der Waals surface area contributed by atoms with Gasteiger partial charge in [0.05, 0.1) is 12.6 Å². The normalized spacial score (nSPS) is 28.7. The second-order valence-electron chi connectivity index (χ2n) is 7.59. The molecule has 0 aromatic carbocycles. The van der Waals surface area contributed by atoms with Crippen molar-refractivity contribution in [2.24, 2.45) is 22.4 Å². The van der Waals surface area contributed by atoms with Gasteiger partial charge in [-0.15, -0.1) is 0 Å². The number of hydrogen-bond donors (Lipinski definition) is 2. The van der Waals surface area contributed by atoms with E-state index < -0.39 is 78.4 Å². The van der Waals surface area contributed by atoms with Crippen molar-refractivity contribution in [3.05, 3.63) is 0 Å². The van der Waals surface area contributed by atoms with Gasteiger partial charge in [0.1, 0.15) is 18.0 Å². The highest BCUT2D eigenvalue weighted by Crippen LogP contribution is 2.43. The summed E-state index contributed by atoms with van der Waals surface area (Å²) in [4.78, 5) is 51.5. The lowest BCUT2D eigenvalue weighted by Gasteiger charge is -2.47. The zero-order valence-corrected chi connectivity index (χ0v) is 19.2. The van der Waals surface area contributed by atoms with Crippen molar-refractivity contribution in [1.29, 1.82) is 0 Å². The van der Waals surface area contributed by atoms with Gasteiger partial charge in [-0.2, -0.15) is 4.39 Å². The third-order valence-electron chi connectivity index (χ3n) is 4.91. The highest BCUT2D eigenvalue weighted by molar-refractivity contribution is 5.80. The average molecular weight is 479 g/mol. The van der Waals surface area contributed by atoms with Crippen molar-refractivity contribution in [3.8, 4) is 0 Å². The molecule has 0 spiro atoms. The summed E-state index contributed by atoms with van der Waals surface area (Å²) in [6, 6.07) is -1.79. The molecule has 0 bridgehead atoms. The zero-order valence-electron chi connectivity index (χ0n) is 19.2. The maximum atomic E-state index is 15.8. The lowest BCUT2D eigenvalue weighted by Crippen LogP contribution is -2.66. The summed E-state index contributed by atoms with van der Waals surface area (Å²) in [5, 5.41) is 0. The highest BCUT2D eigenvalue weighted by atomic mass is 19.2. The smallest absolute Gasteiger partial charge is 0.375 e. The Kier molecular flexibility index (Phi) is 10.1. The lowest BCUT2D eigenvalue weighted by molar-refractivity contribution is -0.288. The molecule has 33 heavy (non-hydrogen) atoms. The number of carbonyl (C=O) groups is 4. The highest BCUT2D eigenvalue weighted by Gasteiger charge is 2.64. The molecule has 1 fully saturated rings. The molecule has 13 heteroatoms. The van der Waals surface area contributed by atoms with Crippen LogP contribution in [0.3, 0.4) is 0 Å². The molecule has 4 N–H and O–H groups in total. The van der Waals surface area contributed by atoms with Gasteiger partial charge in [0.15, 0.2) is 18.2 Å². The van der Waals surface area contributed by atoms with Gasteiger partial charge in [-0.05, 0) is 20.3 Å². The Morgan fingerprint density at radius 3 is 2.09 bits per heavy atom. The minimum Gasteiger partial charge on any atom is -0.462 e. The summed E-state index contributed by atoms with van der Waals surface area (Å²) in [7, 11) is 0. The second-order valence-corrected chi connectivity index (χ2v) is 7.59. The fraction of sp³-hybridized carbons (Fsp3) is 0.750. The number of aliphatic imine (C=N–C) groups is 1. The minimum atomic E-state index is -3.70. The SMILES string of the molecule is CCOC(=O)[C@]1(F)OC([C@H](OC(C)=O)[C@@H](CC)OC(C)=O)[C@H](CC(C)=O)[C@H](N=C(N)N)C1F. The van der Waals surface area contributed by atoms with Crippen LogP contribution in [-0.4, -0.2) is 72.6 Å². The number of Topliss-reactive ketones (excluding diaryl/α,β-unsaturated/α-hetero) is 1. The van der Waals surface area contributed by atoms with Crippen molar-refractivity contribution in [3.63, 3.8) is 0 Å². The van der Waals surface area contributed by atoms with Crippen LogP contribution in [0.2, 0.25) is 0 Å². The molecule has 0 radical (unpaired) electrons. The van der Waals surface area contributed by atoms with E-state index in [0.717, 1.165) is 13.8 Å². The Morgan fingerprint density at radius 2 is 1.67 bits per heavy atom. The van der Waals surface area contributed by atoms with Crippen molar-refractivity contribution in [2.75, 3.05) is 6.61 Å². The van der Waals surface area contributed by atoms with Gasteiger partial charge in [-0.3, -0.25) is 9.59 Å². The molecule has 0 aliphatic carbocycles. The molecule has 0 saturated carbocycles. The first-order valence-electron chi connectivity index (χ1n) is 10.4. The first kappa shape index (κ1) is 28.2. The number of alkyl halides is 2. The van der Waals surface area contributed by atoms with Gasteiger partial charge >= 0.3 is 23.8 Å². The van der Waals surface area contributed by atoms with Crippen LogP contribution >= 0.6 is 0 Å². The Balaban J connectivity index is 3.73. The van der Waals surface area contributed by atoms with Gasteiger partial charge in [0.2, 0.25) is 0 Å². The molecular formula is C20H31F2N3O8. The Hall–Kier alpha value is -2.83. The van der Waals surface area contributed by atoms with Crippen molar-refractivity contribution in [1.82, 2.24) is 0 Å². The number of guanidine groups is 1. The van der Waals surface area contributed by atoms with Crippen LogP contribution in [0.1, 0.15) is 47.5 Å². The quantitative estimate of drug-likeness (QED) is 0.194. The van der Waals surface area contributed by atoms with Crippen LogP contribution in [0, 0.1) is 5.92 Å². The summed E-state index contributed by atoms with van der Waals surface area (Å²) in [6.45, 7) is 5.97. The van der Waals surface area contributed by atoms with Crippen molar-refractivity contribution < 1.29 is 46.9 Å². The van der Waals surface area contributed by atoms with E-state index in [0.29, 0.717) is 0 Å². The van der Waals surface area contributed by atoms with E-state index >= 15 is 8.78 Å². The van der Waals surface area contributed by atoms with Crippen molar-refractivity contribution in [2.45, 2.75) is 83.8 Å². The summed E-state index contributed by atoms with van der Waals surface area (Å²) >= 11 is 0. The predicted octanol–water partition coefficient (Wildman–Crippen LogP) is 0.463. The first-order valence-corrected chi connectivity index (χ1v) is 10.4. The van der Waals surface area contributed by atoms with E-state index in [-0.39, 0.29) is 13.0 Å². The van der Waals surface area contributed by atoms with Gasteiger partial charge < -0.3 is 35.2 Å². The number of esters is 3.